The van der Waals surface area contributed by atoms with Crippen molar-refractivity contribution in [2.45, 2.75) is 30.5 Å². The van der Waals surface area contributed by atoms with E-state index in [4.69, 9.17) is 11.6 Å². The molecule has 2 rings (SSSR count). The van der Waals surface area contributed by atoms with Gasteiger partial charge in [-0.25, -0.2) is 16.8 Å². The smallest absolute Gasteiger partial charge is 0.373 e. The van der Waals surface area contributed by atoms with Crippen LogP contribution in [0.1, 0.15) is 13.8 Å². The predicted molar refractivity (Wildman–Crippen MR) is 105 cm³/mol. The highest BCUT2D eigenvalue weighted by atomic mass is 35.5. The average molecular weight is 493 g/mol. The molecule has 1 saturated heterocycles. The summed E-state index contributed by atoms with van der Waals surface area (Å²) in [5.41, 5.74) is -4.19. The summed E-state index contributed by atoms with van der Waals surface area (Å²) in [4.78, 5) is 13.1. The topological polar surface area (TPSA) is 121 Å². The van der Waals surface area contributed by atoms with Crippen molar-refractivity contribution in [1.29, 1.82) is 0 Å². The Hall–Kier alpha value is -1.57. The molecule has 1 aromatic carbocycles. The molecule has 0 bridgehead atoms. The van der Waals surface area contributed by atoms with Gasteiger partial charge in [-0.2, -0.15) is 13.2 Å². The molecule has 1 heterocycles. The lowest BCUT2D eigenvalue weighted by molar-refractivity contribution is -0.242. The Morgan fingerprint density at radius 1 is 1.27 bits per heavy atom. The molecule has 0 aliphatic carbocycles. The van der Waals surface area contributed by atoms with Crippen molar-refractivity contribution in [3.05, 3.63) is 17.2 Å². The molecule has 8 nitrogen and oxygen atoms in total. The van der Waals surface area contributed by atoms with E-state index in [1.165, 1.54) is 11.8 Å². The number of carbonyl (C=O) groups excluding carboxylic acids is 1. The number of hydrogen-bond donors (Lipinski definition) is 2. The Morgan fingerprint density at radius 2 is 1.80 bits per heavy atom. The van der Waals surface area contributed by atoms with Crippen LogP contribution in [0.2, 0.25) is 5.02 Å². The molecule has 0 aromatic heterocycles. The summed E-state index contributed by atoms with van der Waals surface area (Å²) in [6, 6.07) is 2.08. The summed E-state index contributed by atoms with van der Waals surface area (Å²) in [5, 5.41) is 11.0. The molecule has 0 saturated carbocycles. The van der Waals surface area contributed by atoms with Crippen LogP contribution in [0, 0.1) is 0 Å². The number of halogens is 4. The van der Waals surface area contributed by atoms with Crippen LogP contribution >= 0.6 is 11.6 Å². The number of sulfone groups is 2. The normalized spacial score (nSPS) is 19.2. The van der Waals surface area contributed by atoms with Crippen molar-refractivity contribution in [3.8, 4) is 0 Å². The second kappa shape index (κ2) is 8.17. The minimum Gasteiger partial charge on any atom is -0.373 e. The van der Waals surface area contributed by atoms with Gasteiger partial charge >= 0.3 is 6.18 Å². The number of benzene rings is 1. The van der Waals surface area contributed by atoms with E-state index in [1.807, 2.05) is 5.32 Å². The number of amides is 1. The van der Waals surface area contributed by atoms with Gasteiger partial charge in [-0.3, -0.25) is 4.79 Å². The predicted octanol–water partition coefficient (Wildman–Crippen LogP) is 1.62. The molecule has 1 atom stereocenters. The van der Waals surface area contributed by atoms with E-state index in [0.29, 0.717) is 0 Å². The first-order chi connectivity index (χ1) is 13.5. The molecule has 14 heteroatoms. The number of hydrogen-bond acceptors (Lipinski definition) is 7. The van der Waals surface area contributed by atoms with Crippen molar-refractivity contribution in [3.63, 3.8) is 0 Å². The van der Waals surface area contributed by atoms with E-state index in [2.05, 4.69) is 0 Å². The van der Waals surface area contributed by atoms with E-state index >= 15 is 0 Å². The minimum absolute atomic E-state index is 0.0913. The Morgan fingerprint density at radius 3 is 2.27 bits per heavy atom. The molecule has 170 valence electrons. The van der Waals surface area contributed by atoms with Crippen LogP contribution < -0.4 is 10.2 Å². The summed E-state index contributed by atoms with van der Waals surface area (Å²) in [5.74, 6) is -2.66. The van der Waals surface area contributed by atoms with Crippen LogP contribution in [0.25, 0.3) is 0 Å². The summed E-state index contributed by atoms with van der Waals surface area (Å²) < 4.78 is 87.1. The maximum absolute atomic E-state index is 12.9. The third-order valence-electron chi connectivity index (χ3n) is 4.70. The average Bonchev–Trinajstić information content (AvgIpc) is 2.62. The highest BCUT2D eigenvalue weighted by Gasteiger charge is 2.56. The van der Waals surface area contributed by atoms with Crippen LogP contribution in [0.4, 0.5) is 24.5 Å². The van der Waals surface area contributed by atoms with Crippen LogP contribution in [-0.2, 0) is 24.5 Å². The van der Waals surface area contributed by atoms with E-state index in [0.717, 1.165) is 12.1 Å². The zero-order valence-electron chi connectivity index (χ0n) is 16.0. The number of nitrogens with zero attached hydrogens (tertiary/aromatic N) is 1. The van der Waals surface area contributed by atoms with Gasteiger partial charge in [0.25, 0.3) is 5.91 Å². The first-order valence-electron chi connectivity index (χ1n) is 8.64. The van der Waals surface area contributed by atoms with Gasteiger partial charge in [0.1, 0.15) is 0 Å². The Kier molecular flexibility index (Phi) is 6.73. The van der Waals surface area contributed by atoms with Crippen molar-refractivity contribution in [1.82, 2.24) is 0 Å². The van der Waals surface area contributed by atoms with Crippen LogP contribution in [0.5, 0.6) is 0 Å². The largest absolute Gasteiger partial charge is 0.426 e. The number of carbonyl (C=O) groups is 1. The highest BCUT2D eigenvalue weighted by Crippen LogP contribution is 2.40. The number of anilines is 2. The van der Waals surface area contributed by atoms with Gasteiger partial charge in [-0.1, -0.05) is 18.5 Å². The monoisotopic (exact) mass is 492 g/mol. The lowest BCUT2D eigenvalue weighted by Gasteiger charge is -2.32. The van der Waals surface area contributed by atoms with Gasteiger partial charge in [0.15, 0.2) is 19.7 Å². The van der Waals surface area contributed by atoms with E-state index in [9.17, 15) is 39.9 Å². The molecule has 1 fully saturated rings. The van der Waals surface area contributed by atoms with Crippen molar-refractivity contribution in [2.75, 3.05) is 40.6 Å². The van der Waals surface area contributed by atoms with Crippen molar-refractivity contribution in [2.24, 2.45) is 0 Å². The van der Waals surface area contributed by atoms with E-state index in [-0.39, 0.29) is 58.6 Å². The summed E-state index contributed by atoms with van der Waals surface area (Å²) in [7, 11) is -7.16. The van der Waals surface area contributed by atoms with Gasteiger partial charge < -0.3 is 15.3 Å². The molecular formula is C16H20ClF3N2O6S2. The van der Waals surface area contributed by atoms with Gasteiger partial charge in [-0.05, 0) is 19.1 Å². The van der Waals surface area contributed by atoms with Gasteiger partial charge in [0, 0.05) is 13.1 Å². The van der Waals surface area contributed by atoms with Gasteiger partial charge in [0.2, 0.25) is 5.60 Å². The molecule has 1 aromatic rings. The maximum atomic E-state index is 12.9. The fourth-order valence-electron chi connectivity index (χ4n) is 2.65. The van der Waals surface area contributed by atoms with Crippen LogP contribution in [0.3, 0.4) is 0 Å². The van der Waals surface area contributed by atoms with Crippen LogP contribution in [-0.4, -0.2) is 70.0 Å². The number of aliphatic hydroxyl groups is 1. The van der Waals surface area contributed by atoms with Crippen molar-refractivity contribution >= 4 is 48.6 Å². The summed E-state index contributed by atoms with van der Waals surface area (Å²) in [6.07, 6.45) is -5.26. The molecule has 1 aliphatic heterocycles. The third-order valence-corrected chi connectivity index (χ3v) is 8.45. The highest BCUT2D eigenvalue weighted by molar-refractivity contribution is 7.91. The van der Waals surface area contributed by atoms with E-state index in [1.54, 1.807) is 0 Å². The lowest BCUT2D eigenvalue weighted by Crippen LogP contribution is -2.52. The lowest BCUT2D eigenvalue weighted by atomic mass is 10.1. The molecule has 1 aliphatic rings. The van der Waals surface area contributed by atoms with Gasteiger partial charge in [0.05, 0.1) is 38.6 Å². The fraction of sp³-hybridized carbons (Fsp3) is 0.562. The molecule has 2 N–H and O–H groups in total. The van der Waals surface area contributed by atoms with Gasteiger partial charge in [-0.15, -0.1) is 0 Å². The number of alkyl halides is 3. The third kappa shape index (κ3) is 4.84. The Bertz CT molecular complexity index is 1040. The second-order valence-corrected chi connectivity index (χ2v) is 11.8. The number of nitrogens with one attached hydrogen (secondary N) is 1. The van der Waals surface area contributed by atoms with Crippen LogP contribution in [0.15, 0.2) is 17.0 Å². The zero-order chi connectivity index (χ0) is 23.1. The zero-order valence-corrected chi connectivity index (χ0v) is 18.3. The molecular weight excluding hydrogens is 473 g/mol. The molecule has 1 unspecified atom stereocenters. The SMILES string of the molecule is CCS(=O)(=O)c1ccc(NC(=O)C(C)(O)C(F)(F)F)c(Cl)c1N1CCS(=O)(=O)CC1. The summed E-state index contributed by atoms with van der Waals surface area (Å²) >= 11 is 6.26. The molecule has 1 amide bonds. The second-order valence-electron chi connectivity index (χ2n) is 6.84. The molecule has 30 heavy (non-hydrogen) atoms. The molecule has 0 spiro atoms. The molecule has 0 radical (unpaired) electrons. The fourth-order valence-corrected chi connectivity index (χ4v) is 5.35. The minimum atomic E-state index is -5.26. The first kappa shape index (κ1) is 24.7. The van der Waals surface area contributed by atoms with E-state index < -0.39 is 37.4 Å². The summed E-state index contributed by atoms with van der Waals surface area (Å²) in [6.45, 7) is 1.46. The maximum Gasteiger partial charge on any atom is 0.426 e. The quantitative estimate of drug-likeness (QED) is 0.640. The number of rotatable bonds is 5. The Labute approximate surface area is 176 Å². The standard InChI is InChI=1S/C16H20ClF3N2O6S2/c1-3-30(27,28)11-5-4-10(21-14(23)15(2,24)16(18,19)20)12(17)13(11)22-6-8-29(25,26)9-7-22/h4-5,24H,3,6-9H2,1-2H3,(H,21,23). The Balaban J connectivity index is 2.55. The first-order valence-corrected chi connectivity index (χ1v) is 12.5. The van der Waals surface area contributed by atoms with Crippen molar-refractivity contribution < 1.29 is 39.9 Å².